The van der Waals surface area contributed by atoms with Gasteiger partial charge in [-0.3, -0.25) is 4.89 Å². The second-order valence-electron chi connectivity index (χ2n) is 5.46. The van der Waals surface area contributed by atoms with Gasteiger partial charge in [-0.1, -0.05) is 20.8 Å². The van der Waals surface area contributed by atoms with Crippen molar-refractivity contribution in [3.8, 4) is 0 Å². The maximum Gasteiger partial charge on any atom is 0.371 e. The second kappa shape index (κ2) is 6.18. The number of rotatable bonds is 6. The minimum absolute atomic E-state index is 0.125. The summed E-state index contributed by atoms with van der Waals surface area (Å²) in [5, 5.41) is 0. The Hall–Kier alpha value is -0.650. The summed E-state index contributed by atoms with van der Waals surface area (Å²) < 4.78 is 0. The molecule has 0 aliphatic heterocycles. The molecule has 0 fully saturated rings. The van der Waals surface area contributed by atoms with Crippen LogP contribution >= 0.6 is 0 Å². The lowest BCUT2D eigenvalue weighted by Crippen LogP contribution is -2.31. The third-order valence-corrected chi connectivity index (χ3v) is 1.59. The van der Waals surface area contributed by atoms with Crippen LogP contribution in [0.15, 0.2) is 0 Å². The lowest BCUT2D eigenvalue weighted by molar-refractivity contribution is -0.360. The van der Waals surface area contributed by atoms with Gasteiger partial charge in [0.2, 0.25) is 0 Å². The molecule has 0 aromatic rings. The predicted octanol–water partition coefficient (Wildman–Crippen LogP) is 2.25. The van der Waals surface area contributed by atoms with Crippen LogP contribution in [0.5, 0.6) is 0 Å². The number of hydrogen-bond acceptors (Lipinski definition) is 5. The van der Waals surface area contributed by atoms with Gasteiger partial charge in [-0.25, -0.2) is 14.6 Å². The van der Waals surface area contributed by atoms with E-state index in [1.807, 2.05) is 13.8 Å². The molecular formula is C11H22O5. The Morgan fingerprint density at radius 1 is 1.12 bits per heavy atom. The summed E-state index contributed by atoms with van der Waals surface area (Å²) in [7, 11) is 1.25. The first-order chi connectivity index (χ1) is 7.16. The van der Waals surface area contributed by atoms with E-state index in [4.69, 9.17) is 9.78 Å². The molecule has 0 aromatic carbocycles. The lowest BCUT2D eigenvalue weighted by atomic mass is 9.84. The molecule has 0 spiro atoms. The summed E-state index contributed by atoms with van der Waals surface area (Å²) in [6.07, 6.45) is 0.805. The summed E-state index contributed by atoms with van der Waals surface area (Å²) >= 11 is 0. The van der Waals surface area contributed by atoms with Crippen LogP contribution in [0.1, 0.15) is 41.0 Å². The van der Waals surface area contributed by atoms with Gasteiger partial charge in [-0.2, -0.15) is 4.89 Å². The van der Waals surface area contributed by atoms with E-state index in [1.54, 1.807) is 0 Å². The van der Waals surface area contributed by atoms with Crippen LogP contribution < -0.4 is 0 Å². The van der Waals surface area contributed by atoms with Crippen molar-refractivity contribution in [2.45, 2.75) is 46.6 Å². The molecule has 5 heteroatoms. The van der Waals surface area contributed by atoms with Crippen LogP contribution in [-0.2, 0) is 24.3 Å². The Balaban J connectivity index is 3.87. The van der Waals surface area contributed by atoms with E-state index < -0.39 is 11.6 Å². The topological polar surface area (TPSA) is 54.0 Å². The van der Waals surface area contributed by atoms with Crippen molar-refractivity contribution < 1.29 is 24.3 Å². The van der Waals surface area contributed by atoms with E-state index >= 15 is 0 Å². The van der Waals surface area contributed by atoms with Gasteiger partial charge >= 0.3 is 5.97 Å². The van der Waals surface area contributed by atoms with Gasteiger partial charge in [-0.05, 0) is 25.7 Å². The fourth-order valence-electron chi connectivity index (χ4n) is 1.66. The molecule has 0 N–H and O–H groups in total. The highest BCUT2D eigenvalue weighted by Gasteiger charge is 2.27. The van der Waals surface area contributed by atoms with E-state index in [0.29, 0.717) is 0 Å². The highest BCUT2D eigenvalue weighted by atomic mass is 17.2. The normalized spacial score (nSPS) is 12.6. The predicted molar refractivity (Wildman–Crippen MR) is 58.3 cm³/mol. The first-order valence-electron chi connectivity index (χ1n) is 5.20. The molecule has 0 bridgehead atoms. The molecule has 0 amide bonds. The molecule has 0 unspecified atom stereocenters. The fraction of sp³-hybridized carbons (Fsp3) is 0.909. The van der Waals surface area contributed by atoms with Crippen LogP contribution in [0.3, 0.4) is 0 Å². The fourth-order valence-corrected chi connectivity index (χ4v) is 1.66. The van der Waals surface area contributed by atoms with Crippen molar-refractivity contribution in [1.82, 2.24) is 0 Å². The average molecular weight is 234 g/mol. The van der Waals surface area contributed by atoms with E-state index in [9.17, 15) is 4.79 Å². The standard InChI is InChI=1S/C11H22O5/c1-10(2,3)8-11(4,5)16-14-7-9(12)15-13-6/h7-8H2,1-6H3. The van der Waals surface area contributed by atoms with Crippen molar-refractivity contribution in [1.29, 1.82) is 0 Å². The highest BCUT2D eigenvalue weighted by molar-refractivity contribution is 5.69. The van der Waals surface area contributed by atoms with Crippen molar-refractivity contribution >= 4 is 5.97 Å². The molecule has 0 aromatic heterocycles. The van der Waals surface area contributed by atoms with Crippen LogP contribution in [0.2, 0.25) is 0 Å². The number of carbonyl (C=O) groups is 1. The SMILES string of the molecule is COOC(=O)COOC(C)(C)CC(C)(C)C. The van der Waals surface area contributed by atoms with Crippen LogP contribution in [0, 0.1) is 5.41 Å². The van der Waals surface area contributed by atoms with Gasteiger partial charge in [0.25, 0.3) is 0 Å². The minimum Gasteiger partial charge on any atom is -0.296 e. The largest absolute Gasteiger partial charge is 0.371 e. The third kappa shape index (κ3) is 8.64. The molecule has 96 valence electrons. The Bertz CT molecular complexity index is 217. The zero-order valence-corrected chi connectivity index (χ0v) is 11.0. The maximum atomic E-state index is 10.9. The first-order valence-corrected chi connectivity index (χ1v) is 5.20. The summed E-state index contributed by atoms with van der Waals surface area (Å²) in [6, 6.07) is 0. The Kier molecular flexibility index (Phi) is 5.92. The molecule has 16 heavy (non-hydrogen) atoms. The van der Waals surface area contributed by atoms with Crippen molar-refractivity contribution in [2.75, 3.05) is 13.7 Å². The quantitative estimate of drug-likeness (QED) is 0.521. The van der Waals surface area contributed by atoms with Crippen molar-refractivity contribution in [3.05, 3.63) is 0 Å². The molecule has 0 aliphatic carbocycles. The molecule has 0 heterocycles. The molecule has 0 saturated heterocycles. The summed E-state index contributed by atoms with van der Waals surface area (Å²) in [5.41, 5.74) is -0.328. The molecule has 0 aliphatic rings. The van der Waals surface area contributed by atoms with Crippen LogP contribution in [-0.4, -0.2) is 25.3 Å². The van der Waals surface area contributed by atoms with E-state index in [1.165, 1.54) is 7.11 Å². The Labute approximate surface area is 96.9 Å². The molecular weight excluding hydrogens is 212 g/mol. The van der Waals surface area contributed by atoms with Gasteiger partial charge < -0.3 is 0 Å². The molecule has 5 nitrogen and oxygen atoms in total. The molecule has 0 radical (unpaired) electrons. The maximum absolute atomic E-state index is 10.9. The third-order valence-electron chi connectivity index (χ3n) is 1.59. The zero-order valence-electron chi connectivity index (χ0n) is 11.0. The summed E-state index contributed by atoms with van der Waals surface area (Å²) in [4.78, 5) is 29.2. The highest BCUT2D eigenvalue weighted by Crippen LogP contribution is 2.29. The number of hydrogen-bond donors (Lipinski definition) is 0. The zero-order chi connectivity index (χ0) is 12.8. The first kappa shape index (κ1) is 15.3. The van der Waals surface area contributed by atoms with E-state index in [-0.39, 0.29) is 12.0 Å². The lowest BCUT2D eigenvalue weighted by Gasteiger charge is -2.30. The average Bonchev–Trinajstić information content (AvgIpc) is 1.98. The van der Waals surface area contributed by atoms with Crippen LogP contribution in [0.25, 0.3) is 0 Å². The van der Waals surface area contributed by atoms with Gasteiger partial charge in [0.15, 0.2) is 6.61 Å². The second-order valence-corrected chi connectivity index (χ2v) is 5.46. The smallest absolute Gasteiger partial charge is 0.296 e. The van der Waals surface area contributed by atoms with Crippen molar-refractivity contribution in [3.63, 3.8) is 0 Å². The van der Waals surface area contributed by atoms with Gasteiger partial charge in [0.1, 0.15) is 0 Å². The Morgan fingerprint density at radius 3 is 2.12 bits per heavy atom. The summed E-state index contributed by atoms with van der Waals surface area (Å²) in [6.45, 7) is 9.84. The number of carbonyl (C=O) groups excluding carboxylic acids is 1. The monoisotopic (exact) mass is 234 g/mol. The minimum atomic E-state index is -0.631. The van der Waals surface area contributed by atoms with E-state index in [2.05, 4.69) is 30.5 Å². The van der Waals surface area contributed by atoms with Gasteiger partial charge in [-0.15, -0.1) is 0 Å². The molecule has 0 rings (SSSR count). The summed E-state index contributed by atoms with van der Waals surface area (Å²) in [5.74, 6) is -0.631. The Morgan fingerprint density at radius 2 is 1.69 bits per heavy atom. The van der Waals surface area contributed by atoms with E-state index in [0.717, 1.165) is 6.42 Å². The van der Waals surface area contributed by atoms with Gasteiger partial charge in [0.05, 0.1) is 12.7 Å². The molecule has 0 saturated carbocycles. The van der Waals surface area contributed by atoms with Crippen molar-refractivity contribution in [2.24, 2.45) is 5.41 Å². The molecule has 0 atom stereocenters. The van der Waals surface area contributed by atoms with Crippen LogP contribution in [0.4, 0.5) is 0 Å². The van der Waals surface area contributed by atoms with Gasteiger partial charge in [0, 0.05) is 0 Å².